The minimum atomic E-state index is -0.600. The summed E-state index contributed by atoms with van der Waals surface area (Å²) in [7, 11) is 0. The lowest BCUT2D eigenvalue weighted by atomic mass is 9.83. The Labute approximate surface area is 133 Å². The van der Waals surface area contributed by atoms with Gasteiger partial charge in [-0.25, -0.2) is 0 Å². The lowest BCUT2D eigenvalue weighted by Crippen LogP contribution is -2.55. The lowest BCUT2D eigenvalue weighted by molar-refractivity contribution is -0.235. The maximum Gasteiger partial charge on any atom is 0.303 e. The van der Waals surface area contributed by atoms with Gasteiger partial charge < -0.3 is 23.7 Å². The van der Waals surface area contributed by atoms with Gasteiger partial charge in [0.2, 0.25) is 0 Å². The van der Waals surface area contributed by atoms with Crippen LogP contribution in [0.2, 0.25) is 0 Å². The summed E-state index contributed by atoms with van der Waals surface area (Å²) in [4.78, 5) is 17.7. The van der Waals surface area contributed by atoms with E-state index in [1.54, 1.807) is 0 Å². The van der Waals surface area contributed by atoms with Gasteiger partial charge in [0.05, 0.1) is 25.1 Å². The fraction of sp³-hybridized carbons (Fsp3) is 0.933. The standard InChI is InChI=1S/C15H21NO7/c1-6(17)19-13-9-10-12-7(21-15(2,3)22-12)4-16(10)23-11(9)8-5-18-14(13)20-8/h7-14H,4-5H2,1-3H3/t7-,8-,9-,10+,11-,12-,13+,14-/m1/s1. The van der Waals surface area contributed by atoms with Crippen LogP contribution in [0.5, 0.6) is 0 Å². The van der Waals surface area contributed by atoms with E-state index in [-0.39, 0.29) is 42.3 Å². The van der Waals surface area contributed by atoms with E-state index in [4.69, 9.17) is 28.5 Å². The van der Waals surface area contributed by atoms with Crippen LogP contribution in [0.3, 0.4) is 0 Å². The fourth-order valence-electron chi connectivity index (χ4n) is 4.69. The van der Waals surface area contributed by atoms with Crippen molar-refractivity contribution in [1.82, 2.24) is 5.06 Å². The van der Waals surface area contributed by atoms with Crippen molar-refractivity contribution in [1.29, 1.82) is 0 Å². The normalized spacial score (nSPS) is 53.0. The zero-order valence-corrected chi connectivity index (χ0v) is 13.3. The first kappa shape index (κ1) is 14.6. The Hall–Kier alpha value is -0.770. The number of esters is 1. The monoisotopic (exact) mass is 327 g/mol. The summed E-state index contributed by atoms with van der Waals surface area (Å²) in [6, 6.07) is -0.0216. The highest BCUT2D eigenvalue weighted by Gasteiger charge is 2.67. The molecule has 5 saturated heterocycles. The first-order valence-electron chi connectivity index (χ1n) is 8.16. The highest BCUT2D eigenvalue weighted by molar-refractivity contribution is 5.66. The molecule has 0 radical (unpaired) electrons. The molecule has 0 saturated carbocycles. The summed E-state index contributed by atoms with van der Waals surface area (Å²) >= 11 is 0. The van der Waals surface area contributed by atoms with E-state index in [0.717, 1.165) is 0 Å². The van der Waals surface area contributed by atoms with Crippen molar-refractivity contribution in [2.75, 3.05) is 13.2 Å². The van der Waals surface area contributed by atoms with E-state index in [9.17, 15) is 4.79 Å². The molecule has 0 aromatic heterocycles. The molecule has 5 aliphatic heterocycles. The number of ether oxygens (including phenoxy) is 5. The minimum Gasteiger partial charge on any atom is -0.457 e. The second-order valence-electron chi connectivity index (χ2n) is 7.33. The van der Waals surface area contributed by atoms with Crippen molar-refractivity contribution in [3.63, 3.8) is 0 Å². The van der Waals surface area contributed by atoms with Gasteiger partial charge in [-0.2, -0.15) is 5.06 Å². The third-order valence-corrected chi connectivity index (χ3v) is 5.33. The molecule has 0 aromatic carbocycles. The molecule has 5 rings (SSSR count). The largest absolute Gasteiger partial charge is 0.457 e. The van der Waals surface area contributed by atoms with Crippen LogP contribution in [0, 0.1) is 5.92 Å². The van der Waals surface area contributed by atoms with E-state index in [1.807, 2.05) is 18.9 Å². The van der Waals surface area contributed by atoms with E-state index in [1.165, 1.54) is 6.92 Å². The van der Waals surface area contributed by atoms with Crippen molar-refractivity contribution in [3.8, 4) is 0 Å². The number of carbonyl (C=O) groups is 1. The van der Waals surface area contributed by atoms with E-state index >= 15 is 0 Å². The molecule has 0 amide bonds. The Morgan fingerprint density at radius 3 is 2.83 bits per heavy atom. The molecule has 5 heterocycles. The second kappa shape index (κ2) is 4.65. The highest BCUT2D eigenvalue weighted by atomic mass is 16.8. The van der Waals surface area contributed by atoms with Crippen LogP contribution in [0.25, 0.3) is 0 Å². The Bertz CT molecular complexity index is 540. The minimum absolute atomic E-state index is 0.0216. The van der Waals surface area contributed by atoms with Crippen LogP contribution in [0.15, 0.2) is 0 Å². The number of nitrogens with zero attached hydrogens (tertiary/aromatic N) is 1. The Kier molecular flexibility index (Phi) is 2.94. The van der Waals surface area contributed by atoms with Gasteiger partial charge in [-0.05, 0) is 13.8 Å². The van der Waals surface area contributed by atoms with Crippen LogP contribution in [-0.4, -0.2) is 72.8 Å². The molecule has 8 heteroatoms. The van der Waals surface area contributed by atoms with Gasteiger partial charge >= 0.3 is 5.97 Å². The highest BCUT2D eigenvalue weighted by Crippen LogP contribution is 2.50. The molecule has 0 aliphatic carbocycles. The SMILES string of the molecule is CC(=O)O[C@@H]1[C@@H]2OC[C@@H](O2)[C@H]2ON3C[C@H]4OC(C)(C)O[C@H]4[C@@H]3[C@@H]12. The van der Waals surface area contributed by atoms with E-state index in [0.29, 0.717) is 13.2 Å². The molecule has 0 aromatic rings. The maximum absolute atomic E-state index is 11.6. The van der Waals surface area contributed by atoms with Gasteiger partial charge in [-0.3, -0.25) is 9.63 Å². The van der Waals surface area contributed by atoms with Gasteiger partial charge in [-0.15, -0.1) is 0 Å². The summed E-state index contributed by atoms with van der Waals surface area (Å²) in [6.45, 7) is 6.35. The molecule has 128 valence electrons. The zero-order chi connectivity index (χ0) is 15.9. The molecule has 5 fully saturated rings. The predicted molar refractivity (Wildman–Crippen MR) is 72.8 cm³/mol. The number of fused-ring (bicyclic) bond motifs is 8. The lowest BCUT2D eigenvalue weighted by Gasteiger charge is -2.37. The first-order valence-corrected chi connectivity index (χ1v) is 8.16. The van der Waals surface area contributed by atoms with E-state index < -0.39 is 18.2 Å². The average Bonchev–Trinajstić information content (AvgIpc) is 3.13. The number of rotatable bonds is 1. The van der Waals surface area contributed by atoms with Crippen molar-refractivity contribution < 1.29 is 33.3 Å². The Balaban J connectivity index is 1.48. The summed E-state index contributed by atoms with van der Waals surface area (Å²) < 4.78 is 29.1. The third-order valence-electron chi connectivity index (χ3n) is 5.33. The molecular weight excluding hydrogens is 306 g/mol. The molecule has 2 bridgehead atoms. The summed E-state index contributed by atoms with van der Waals surface area (Å²) in [6.07, 6.45) is -1.46. The number of hydrogen-bond acceptors (Lipinski definition) is 8. The molecular formula is C15H21NO7. The van der Waals surface area contributed by atoms with Gasteiger partial charge in [0.25, 0.3) is 0 Å². The summed E-state index contributed by atoms with van der Waals surface area (Å²) in [5.41, 5.74) is 0. The van der Waals surface area contributed by atoms with Crippen LogP contribution < -0.4 is 0 Å². The first-order chi connectivity index (χ1) is 10.9. The van der Waals surface area contributed by atoms with Gasteiger partial charge in [0.1, 0.15) is 24.4 Å². The molecule has 5 aliphatic rings. The Morgan fingerprint density at radius 2 is 2.04 bits per heavy atom. The smallest absolute Gasteiger partial charge is 0.303 e. The molecule has 8 atom stereocenters. The predicted octanol–water partition coefficient (Wildman–Crippen LogP) is -0.192. The zero-order valence-electron chi connectivity index (χ0n) is 13.3. The molecule has 0 spiro atoms. The van der Waals surface area contributed by atoms with Crippen LogP contribution >= 0.6 is 0 Å². The molecule has 8 nitrogen and oxygen atoms in total. The van der Waals surface area contributed by atoms with E-state index in [2.05, 4.69) is 0 Å². The van der Waals surface area contributed by atoms with Crippen molar-refractivity contribution in [3.05, 3.63) is 0 Å². The molecule has 0 N–H and O–H groups in total. The average molecular weight is 327 g/mol. The molecule has 0 unspecified atom stereocenters. The van der Waals surface area contributed by atoms with Gasteiger partial charge in [-0.1, -0.05) is 0 Å². The van der Waals surface area contributed by atoms with Crippen LogP contribution in [0.4, 0.5) is 0 Å². The fourth-order valence-corrected chi connectivity index (χ4v) is 4.69. The van der Waals surface area contributed by atoms with Gasteiger partial charge in [0.15, 0.2) is 18.2 Å². The van der Waals surface area contributed by atoms with Crippen molar-refractivity contribution in [2.24, 2.45) is 5.92 Å². The van der Waals surface area contributed by atoms with Crippen molar-refractivity contribution in [2.45, 2.75) is 69.4 Å². The summed E-state index contributed by atoms with van der Waals surface area (Å²) in [5, 5.41) is 1.93. The maximum atomic E-state index is 11.6. The Morgan fingerprint density at radius 1 is 1.22 bits per heavy atom. The number of hydrogen-bond donors (Lipinski definition) is 0. The van der Waals surface area contributed by atoms with Crippen molar-refractivity contribution >= 4 is 5.97 Å². The third kappa shape index (κ3) is 2.03. The van der Waals surface area contributed by atoms with Gasteiger partial charge in [0, 0.05) is 6.92 Å². The molecule has 23 heavy (non-hydrogen) atoms. The van der Waals surface area contributed by atoms with Crippen LogP contribution in [-0.2, 0) is 33.3 Å². The summed E-state index contributed by atoms with van der Waals surface area (Å²) in [5.74, 6) is -0.988. The number of carbonyl (C=O) groups excluding carboxylic acids is 1. The second-order valence-corrected chi connectivity index (χ2v) is 7.33. The number of hydroxylamine groups is 2. The topological polar surface area (TPSA) is 75.7 Å². The quantitative estimate of drug-likeness (QED) is 0.613. The van der Waals surface area contributed by atoms with Crippen LogP contribution in [0.1, 0.15) is 20.8 Å².